The molecule has 0 saturated heterocycles. The van der Waals surface area contributed by atoms with E-state index in [4.69, 9.17) is 0 Å². The van der Waals surface area contributed by atoms with Gasteiger partial charge in [0.05, 0.1) is 11.1 Å². The van der Waals surface area contributed by atoms with Crippen LogP contribution < -0.4 is 10.5 Å². The summed E-state index contributed by atoms with van der Waals surface area (Å²) in [4.78, 5) is 14.4. The predicted molar refractivity (Wildman–Crippen MR) is 101 cm³/mol. The van der Waals surface area contributed by atoms with Gasteiger partial charge in [-0.25, -0.2) is 10.5 Å². The Morgan fingerprint density at radius 2 is 2.07 bits per heavy atom. The molecule has 3 rings (SSSR count). The van der Waals surface area contributed by atoms with E-state index in [9.17, 15) is 15.2 Å². The van der Waals surface area contributed by atoms with Crippen molar-refractivity contribution in [1.29, 1.82) is 0 Å². The minimum Gasteiger partial charge on any atom is -0.872 e. The lowest BCUT2D eigenvalue weighted by Crippen LogP contribution is -1.99. The summed E-state index contributed by atoms with van der Waals surface area (Å²) in [5, 5.41) is 33.6. The van der Waals surface area contributed by atoms with Gasteiger partial charge >= 0.3 is 0 Å². The molecule has 27 heavy (non-hydrogen) atoms. The molecule has 0 aliphatic rings. The van der Waals surface area contributed by atoms with Gasteiger partial charge in [0.2, 0.25) is 11.1 Å². The summed E-state index contributed by atoms with van der Waals surface area (Å²) in [5.74, 6) is 0.669. The molecular formula is C17H15N6O3S-. The number of hydrogen-bond acceptors (Lipinski definition) is 8. The maximum absolute atomic E-state index is 11.7. The number of hydrogen-bond donors (Lipinski definition) is 2. The zero-order valence-corrected chi connectivity index (χ0v) is 15.1. The number of hydrazone groups is 1. The molecule has 2 N–H and O–H groups in total. The number of thioether (sulfide) groups is 1. The number of nitro groups is 1. The van der Waals surface area contributed by atoms with Crippen molar-refractivity contribution in [3.05, 3.63) is 69.3 Å². The summed E-state index contributed by atoms with van der Waals surface area (Å²) in [7, 11) is 0. The van der Waals surface area contributed by atoms with Crippen molar-refractivity contribution >= 4 is 29.6 Å². The molecule has 0 amide bonds. The van der Waals surface area contributed by atoms with E-state index in [1.807, 2.05) is 19.1 Å². The van der Waals surface area contributed by atoms with Crippen LogP contribution in [0.3, 0.4) is 0 Å². The van der Waals surface area contributed by atoms with Crippen molar-refractivity contribution in [2.75, 3.05) is 5.43 Å². The number of aryl methyl sites for hydroxylation is 1. The molecule has 0 saturated carbocycles. The summed E-state index contributed by atoms with van der Waals surface area (Å²) >= 11 is 1.47. The maximum Gasteiger partial charge on any atom is 0.270 e. The molecule has 0 fully saturated rings. The van der Waals surface area contributed by atoms with Crippen LogP contribution >= 0.6 is 11.8 Å². The monoisotopic (exact) mass is 383 g/mol. The van der Waals surface area contributed by atoms with Gasteiger partial charge in [-0.3, -0.25) is 10.1 Å². The minimum atomic E-state index is -0.571. The molecule has 2 aromatic carbocycles. The Morgan fingerprint density at radius 1 is 1.30 bits per heavy atom. The fourth-order valence-electron chi connectivity index (χ4n) is 2.11. The van der Waals surface area contributed by atoms with Crippen molar-refractivity contribution in [2.45, 2.75) is 17.8 Å². The highest BCUT2D eigenvalue weighted by Gasteiger charge is 2.06. The Balaban J connectivity index is 1.58. The zero-order chi connectivity index (χ0) is 19.2. The van der Waals surface area contributed by atoms with Gasteiger partial charge in [0.15, 0.2) is 0 Å². The van der Waals surface area contributed by atoms with E-state index in [-0.39, 0.29) is 17.0 Å². The number of benzene rings is 2. The van der Waals surface area contributed by atoms with Gasteiger partial charge < -0.3 is 5.11 Å². The molecule has 9 nitrogen and oxygen atoms in total. The molecule has 138 valence electrons. The lowest BCUT2D eigenvalue weighted by Gasteiger charge is -2.08. The molecule has 0 bridgehead atoms. The summed E-state index contributed by atoms with van der Waals surface area (Å²) < 4.78 is 0. The molecule has 1 aromatic heterocycles. The zero-order valence-electron chi connectivity index (χ0n) is 14.2. The van der Waals surface area contributed by atoms with Gasteiger partial charge in [-0.05, 0) is 18.1 Å². The highest BCUT2D eigenvalue weighted by molar-refractivity contribution is 7.98. The normalized spacial score (nSPS) is 11.0. The lowest BCUT2D eigenvalue weighted by atomic mass is 10.2. The Bertz CT molecular complexity index is 971. The van der Waals surface area contributed by atoms with Gasteiger partial charge in [-0.15, -0.1) is 5.10 Å². The van der Waals surface area contributed by atoms with Crippen LogP contribution in [0.25, 0.3) is 0 Å². The van der Waals surface area contributed by atoms with E-state index < -0.39 is 4.92 Å². The number of nitro benzene ring substituents is 1. The Labute approximate surface area is 158 Å². The molecule has 3 aromatic rings. The first-order valence-corrected chi connectivity index (χ1v) is 8.85. The Hall–Kier alpha value is -3.40. The van der Waals surface area contributed by atoms with E-state index in [1.165, 1.54) is 23.5 Å². The smallest absolute Gasteiger partial charge is 0.270 e. The topological polar surface area (TPSA) is 132 Å². The third kappa shape index (κ3) is 5.05. The highest BCUT2D eigenvalue weighted by Crippen LogP contribution is 2.21. The fourth-order valence-corrected chi connectivity index (χ4v) is 2.86. The van der Waals surface area contributed by atoms with Crippen molar-refractivity contribution in [3.63, 3.8) is 0 Å². The van der Waals surface area contributed by atoms with Crippen LogP contribution in [-0.2, 0) is 5.75 Å². The van der Waals surface area contributed by atoms with Crippen LogP contribution in [0.4, 0.5) is 11.6 Å². The molecule has 0 aliphatic heterocycles. The molecular weight excluding hydrogens is 368 g/mol. The molecule has 0 atom stereocenters. The number of non-ortho nitro benzene ring substituents is 1. The SMILES string of the molecule is Cc1ccc(CSc2n[nH]c(N/N=C\c3cc([N+](=O)[O-])ccc3[O-])n2)cc1. The fraction of sp³-hybridized carbons (Fsp3) is 0.118. The number of nitrogens with one attached hydrogen (secondary N) is 2. The first-order chi connectivity index (χ1) is 13.0. The molecule has 0 radical (unpaired) electrons. The van der Waals surface area contributed by atoms with Crippen LogP contribution in [-0.4, -0.2) is 26.3 Å². The predicted octanol–water partition coefficient (Wildman–Crippen LogP) is 2.83. The maximum atomic E-state index is 11.7. The second-order valence-corrected chi connectivity index (χ2v) is 6.53. The number of aromatic nitrogens is 3. The standard InChI is InChI=1S/C17H16N6O3S/c1-11-2-4-12(5-3-11)10-27-17-19-16(21-22-17)20-18-9-13-8-14(23(25)26)6-7-15(13)24/h2-9,24H,10H2,1H3,(H2,19,20,21,22)/p-1/b18-9-. The van der Waals surface area contributed by atoms with Gasteiger partial charge in [-0.2, -0.15) is 10.1 Å². The Kier molecular flexibility index (Phi) is 5.67. The second kappa shape index (κ2) is 8.32. The van der Waals surface area contributed by atoms with Crippen LogP contribution in [0.5, 0.6) is 5.75 Å². The van der Waals surface area contributed by atoms with E-state index in [2.05, 4.69) is 37.8 Å². The van der Waals surface area contributed by atoms with Crippen LogP contribution in [0.2, 0.25) is 0 Å². The molecule has 10 heteroatoms. The number of H-pyrrole nitrogens is 1. The van der Waals surface area contributed by atoms with Gasteiger partial charge in [0, 0.05) is 17.9 Å². The van der Waals surface area contributed by atoms with E-state index in [0.717, 1.165) is 29.5 Å². The van der Waals surface area contributed by atoms with E-state index in [0.29, 0.717) is 11.1 Å². The van der Waals surface area contributed by atoms with E-state index >= 15 is 0 Å². The highest BCUT2D eigenvalue weighted by atomic mass is 32.2. The Morgan fingerprint density at radius 3 is 2.81 bits per heavy atom. The first kappa shape index (κ1) is 18.4. The molecule has 0 spiro atoms. The quantitative estimate of drug-likeness (QED) is 0.277. The van der Waals surface area contributed by atoms with Crippen molar-refractivity contribution < 1.29 is 10.0 Å². The van der Waals surface area contributed by atoms with Gasteiger partial charge in [0.25, 0.3) is 5.69 Å². The third-order valence-corrected chi connectivity index (χ3v) is 4.45. The second-order valence-electron chi connectivity index (χ2n) is 5.59. The first-order valence-electron chi connectivity index (χ1n) is 7.86. The van der Waals surface area contributed by atoms with Crippen molar-refractivity contribution in [1.82, 2.24) is 15.2 Å². The number of nitrogens with zero attached hydrogens (tertiary/aromatic N) is 4. The average Bonchev–Trinajstić information content (AvgIpc) is 3.10. The summed E-state index contributed by atoms with van der Waals surface area (Å²) in [6.45, 7) is 2.04. The lowest BCUT2D eigenvalue weighted by molar-refractivity contribution is -0.385. The van der Waals surface area contributed by atoms with Crippen molar-refractivity contribution in [2.24, 2.45) is 5.10 Å². The van der Waals surface area contributed by atoms with Crippen LogP contribution in [0.1, 0.15) is 16.7 Å². The summed E-state index contributed by atoms with van der Waals surface area (Å²) in [5.41, 5.74) is 4.91. The number of anilines is 1. The minimum absolute atomic E-state index is 0.102. The molecule has 1 heterocycles. The largest absolute Gasteiger partial charge is 0.872 e. The average molecular weight is 383 g/mol. The number of rotatable bonds is 7. The summed E-state index contributed by atoms with van der Waals surface area (Å²) in [6.07, 6.45) is 1.21. The van der Waals surface area contributed by atoms with E-state index in [1.54, 1.807) is 0 Å². The van der Waals surface area contributed by atoms with Crippen LogP contribution in [0.15, 0.2) is 52.7 Å². The number of aromatic amines is 1. The van der Waals surface area contributed by atoms with Crippen LogP contribution in [0, 0.1) is 17.0 Å². The van der Waals surface area contributed by atoms with Crippen molar-refractivity contribution in [3.8, 4) is 5.75 Å². The van der Waals surface area contributed by atoms with Gasteiger partial charge in [-0.1, -0.05) is 53.4 Å². The summed E-state index contributed by atoms with van der Waals surface area (Å²) in [6, 6.07) is 11.7. The molecule has 0 aliphatic carbocycles. The third-order valence-electron chi connectivity index (χ3n) is 3.53. The van der Waals surface area contributed by atoms with Gasteiger partial charge in [0.1, 0.15) is 0 Å². The molecule has 0 unspecified atom stereocenters.